The van der Waals surface area contributed by atoms with Gasteiger partial charge in [0.1, 0.15) is 5.60 Å². The van der Waals surface area contributed by atoms with Gasteiger partial charge in [0.2, 0.25) is 5.91 Å². The first-order valence-corrected chi connectivity index (χ1v) is 9.46. The van der Waals surface area contributed by atoms with Crippen LogP contribution >= 0.6 is 0 Å². The third kappa shape index (κ3) is 3.71. The van der Waals surface area contributed by atoms with Crippen molar-refractivity contribution in [2.24, 2.45) is 0 Å². The van der Waals surface area contributed by atoms with E-state index in [-0.39, 0.29) is 24.9 Å². The Morgan fingerprint density at radius 2 is 1.92 bits per heavy atom. The van der Waals surface area contributed by atoms with Crippen molar-refractivity contribution in [1.29, 1.82) is 0 Å². The maximum Gasteiger partial charge on any atom is 0.410 e. The Kier molecular flexibility index (Phi) is 4.76. The van der Waals surface area contributed by atoms with Gasteiger partial charge in [-0.1, -0.05) is 23.8 Å². The number of aryl methyl sites for hydroxylation is 1. The minimum absolute atomic E-state index is 0. The lowest BCUT2D eigenvalue weighted by atomic mass is 9.73. The summed E-state index contributed by atoms with van der Waals surface area (Å²) in [5, 5.41) is 3.12. The number of likely N-dealkylation sites (tertiary alicyclic amines) is 1. The van der Waals surface area contributed by atoms with E-state index in [0.29, 0.717) is 13.1 Å². The number of carbonyl (C=O) groups excluding carboxylic acids is 2. The molecule has 2 amide bonds. The predicted molar refractivity (Wildman–Crippen MR) is 103 cm³/mol. The average Bonchev–Trinajstić information content (AvgIpc) is 2.78. The van der Waals surface area contributed by atoms with Crippen molar-refractivity contribution in [3.63, 3.8) is 0 Å². The highest BCUT2D eigenvalue weighted by atomic mass is 16.6. The van der Waals surface area contributed by atoms with Crippen LogP contribution in [0.5, 0.6) is 0 Å². The topological polar surface area (TPSA) is 58.6 Å². The maximum absolute atomic E-state index is 12.4. The van der Waals surface area contributed by atoms with Crippen molar-refractivity contribution in [3.8, 4) is 0 Å². The van der Waals surface area contributed by atoms with Crippen LogP contribution in [0, 0.1) is 6.92 Å². The molecule has 1 fully saturated rings. The van der Waals surface area contributed by atoms with E-state index in [1.807, 2.05) is 25.7 Å². The highest BCUT2D eigenvalue weighted by molar-refractivity contribution is 5.74. The van der Waals surface area contributed by atoms with Crippen LogP contribution < -0.4 is 5.32 Å². The van der Waals surface area contributed by atoms with Gasteiger partial charge in [0.25, 0.3) is 0 Å². The molecule has 1 aliphatic heterocycles. The molecule has 3 rings (SSSR count). The minimum Gasteiger partial charge on any atom is -0.444 e. The summed E-state index contributed by atoms with van der Waals surface area (Å²) in [6.45, 7) is 10.7. The molecule has 1 aromatic rings. The molecule has 1 aromatic carbocycles. The smallest absolute Gasteiger partial charge is 0.410 e. The Morgan fingerprint density at radius 3 is 2.50 bits per heavy atom. The number of rotatable bonds is 1. The van der Waals surface area contributed by atoms with Gasteiger partial charge in [-0.25, -0.2) is 4.79 Å². The second-order valence-electron chi connectivity index (χ2n) is 8.80. The number of amides is 2. The van der Waals surface area contributed by atoms with Crippen molar-refractivity contribution in [1.82, 2.24) is 10.2 Å². The molecule has 0 radical (unpaired) electrons. The van der Waals surface area contributed by atoms with Crippen molar-refractivity contribution in [2.75, 3.05) is 13.1 Å². The largest absolute Gasteiger partial charge is 0.444 e. The fourth-order valence-electron chi connectivity index (χ4n) is 4.36. The first kappa shape index (κ1) is 18.7. The lowest BCUT2D eigenvalue weighted by molar-refractivity contribution is -0.119. The van der Waals surface area contributed by atoms with Gasteiger partial charge in [0.15, 0.2) is 0 Å². The number of benzene rings is 1. The summed E-state index contributed by atoms with van der Waals surface area (Å²) in [4.78, 5) is 25.8. The maximum atomic E-state index is 12.4. The molecular weight excluding hydrogens is 328 g/mol. The van der Waals surface area contributed by atoms with E-state index in [2.05, 4.69) is 30.4 Å². The number of ether oxygens (including phenoxy) is 1. The SMILES string of the molecule is CC(=O)N[C@H]1CC2(CCN(C(=O)OC(C)(C)C)CC2)c2ccc(C)cc21.[HH]. The molecule has 2 aliphatic rings. The van der Waals surface area contributed by atoms with Crippen LogP contribution in [0.15, 0.2) is 18.2 Å². The van der Waals surface area contributed by atoms with Gasteiger partial charge in [-0.15, -0.1) is 0 Å². The van der Waals surface area contributed by atoms with Crippen molar-refractivity contribution >= 4 is 12.0 Å². The molecule has 0 saturated carbocycles. The summed E-state index contributed by atoms with van der Waals surface area (Å²) in [5.41, 5.74) is 3.36. The molecule has 0 aromatic heterocycles. The zero-order valence-corrected chi connectivity index (χ0v) is 16.5. The Balaban J connectivity index is 0.00000261. The van der Waals surface area contributed by atoms with Crippen molar-refractivity contribution < 1.29 is 15.8 Å². The predicted octanol–water partition coefficient (Wildman–Crippen LogP) is 4.09. The Morgan fingerprint density at radius 1 is 1.27 bits per heavy atom. The second kappa shape index (κ2) is 6.60. The molecule has 1 saturated heterocycles. The molecule has 1 N–H and O–H groups in total. The van der Waals surface area contributed by atoms with E-state index in [1.165, 1.54) is 16.7 Å². The molecular formula is C21H32N2O3. The van der Waals surface area contributed by atoms with Gasteiger partial charge in [-0.2, -0.15) is 0 Å². The average molecular weight is 360 g/mol. The number of hydrogen-bond acceptors (Lipinski definition) is 3. The first-order chi connectivity index (χ1) is 12.1. The number of piperidine rings is 1. The minimum atomic E-state index is -0.472. The molecule has 1 atom stereocenters. The molecule has 5 heteroatoms. The molecule has 26 heavy (non-hydrogen) atoms. The zero-order valence-electron chi connectivity index (χ0n) is 16.5. The van der Waals surface area contributed by atoms with E-state index in [9.17, 15) is 9.59 Å². The van der Waals surface area contributed by atoms with Crippen LogP contribution in [0.1, 0.15) is 71.1 Å². The highest BCUT2D eigenvalue weighted by Gasteiger charge is 2.46. The fraction of sp³-hybridized carbons (Fsp3) is 0.619. The van der Waals surface area contributed by atoms with Crippen LogP contribution in [0.2, 0.25) is 0 Å². The second-order valence-corrected chi connectivity index (χ2v) is 8.80. The zero-order chi connectivity index (χ0) is 19.1. The first-order valence-electron chi connectivity index (χ1n) is 9.46. The van der Waals surface area contributed by atoms with E-state index >= 15 is 0 Å². The normalized spacial score (nSPS) is 21.4. The number of carbonyl (C=O) groups is 2. The Bertz CT molecular complexity index is 719. The molecule has 0 unspecified atom stereocenters. The van der Waals surface area contributed by atoms with Crippen LogP contribution in [0.3, 0.4) is 0 Å². The van der Waals surface area contributed by atoms with Gasteiger partial charge in [-0.3, -0.25) is 4.79 Å². The Hall–Kier alpha value is -2.04. The van der Waals surface area contributed by atoms with E-state index in [4.69, 9.17) is 4.74 Å². The van der Waals surface area contributed by atoms with E-state index in [1.54, 1.807) is 6.92 Å². The van der Waals surface area contributed by atoms with Gasteiger partial charge in [-0.05, 0) is 58.1 Å². The molecule has 5 nitrogen and oxygen atoms in total. The Labute approximate surface area is 157 Å². The summed E-state index contributed by atoms with van der Waals surface area (Å²) in [7, 11) is 0. The summed E-state index contributed by atoms with van der Waals surface area (Å²) in [6, 6.07) is 6.63. The molecule has 1 heterocycles. The molecule has 0 bridgehead atoms. The third-order valence-corrected chi connectivity index (χ3v) is 5.50. The van der Waals surface area contributed by atoms with Gasteiger partial charge in [0, 0.05) is 26.9 Å². The fourth-order valence-corrected chi connectivity index (χ4v) is 4.36. The van der Waals surface area contributed by atoms with Crippen molar-refractivity contribution in [3.05, 3.63) is 34.9 Å². The highest BCUT2D eigenvalue weighted by Crippen LogP contribution is 2.51. The van der Waals surface area contributed by atoms with Gasteiger partial charge >= 0.3 is 6.09 Å². The number of nitrogens with zero attached hydrogens (tertiary/aromatic N) is 1. The summed E-state index contributed by atoms with van der Waals surface area (Å²) >= 11 is 0. The van der Waals surface area contributed by atoms with Gasteiger partial charge in [0.05, 0.1) is 6.04 Å². The number of hydrogen-bond donors (Lipinski definition) is 1. The molecule has 1 spiro atoms. The lowest BCUT2D eigenvalue weighted by Gasteiger charge is -2.40. The van der Waals surface area contributed by atoms with Crippen molar-refractivity contribution in [2.45, 2.75) is 70.9 Å². The quantitative estimate of drug-likeness (QED) is 0.820. The van der Waals surface area contributed by atoms with Crippen LogP contribution in [0.25, 0.3) is 0 Å². The van der Waals surface area contributed by atoms with E-state index < -0.39 is 5.60 Å². The van der Waals surface area contributed by atoms with Crippen LogP contribution in [-0.4, -0.2) is 35.6 Å². The molecule has 144 valence electrons. The monoisotopic (exact) mass is 360 g/mol. The number of nitrogens with one attached hydrogen (secondary N) is 1. The van der Waals surface area contributed by atoms with E-state index in [0.717, 1.165) is 19.3 Å². The van der Waals surface area contributed by atoms with Crippen LogP contribution in [0.4, 0.5) is 4.79 Å². The lowest BCUT2D eigenvalue weighted by Crippen LogP contribution is -2.46. The summed E-state index contributed by atoms with van der Waals surface area (Å²) in [5.74, 6) is 0.00528. The summed E-state index contributed by atoms with van der Waals surface area (Å²) in [6.07, 6.45) is 2.48. The summed E-state index contributed by atoms with van der Waals surface area (Å²) < 4.78 is 5.52. The number of fused-ring (bicyclic) bond motifs is 2. The molecule has 1 aliphatic carbocycles. The third-order valence-electron chi connectivity index (χ3n) is 5.50. The standard InChI is InChI=1S/C21H30N2O3.H2/c1-14-6-7-17-16(12-14)18(22-15(2)24)13-21(17)8-10-23(11-9-21)19(25)26-20(3,4)5;/h6-7,12,18H,8-11,13H2,1-5H3,(H,22,24);1H/t18-;/m0./s1. The van der Waals surface area contributed by atoms with Crippen LogP contribution in [-0.2, 0) is 14.9 Å². The van der Waals surface area contributed by atoms with Gasteiger partial charge < -0.3 is 15.0 Å².